The van der Waals surface area contributed by atoms with Crippen LogP contribution < -0.4 is 14.8 Å². The lowest BCUT2D eigenvalue weighted by molar-refractivity contribution is 0.0209. The van der Waals surface area contributed by atoms with Gasteiger partial charge in [0, 0.05) is 6.04 Å². The van der Waals surface area contributed by atoms with Crippen molar-refractivity contribution in [3.63, 3.8) is 0 Å². The summed E-state index contributed by atoms with van der Waals surface area (Å²) < 4.78 is 10.8. The van der Waals surface area contributed by atoms with E-state index in [1.165, 1.54) is 24.8 Å². The van der Waals surface area contributed by atoms with E-state index in [0.717, 1.165) is 18.0 Å². The van der Waals surface area contributed by atoms with Crippen LogP contribution in [0.4, 0.5) is 0 Å². The molecular formula is C18H29NO2. The van der Waals surface area contributed by atoms with E-state index in [1.807, 2.05) is 6.07 Å². The van der Waals surface area contributed by atoms with Crippen LogP contribution in [0.1, 0.15) is 51.5 Å². The van der Waals surface area contributed by atoms with Crippen molar-refractivity contribution in [2.45, 2.75) is 52.0 Å². The third kappa shape index (κ3) is 2.64. The van der Waals surface area contributed by atoms with Crippen molar-refractivity contribution in [2.75, 3.05) is 20.8 Å². The molecule has 21 heavy (non-hydrogen) atoms. The lowest BCUT2D eigenvalue weighted by Crippen LogP contribution is -2.58. The second kappa shape index (κ2) is 6.69. The summed E-state index contributed by atoms with van der Waals surface area (Å²) in [6.45, 7) is 7.88. The number of rotatable bonds is 7. The standard InChI is InChI=1S/C18H29NO2/c1-6-18(7-2)14(12-17(18)19-8-3)13-9-10-15(20-4)16(11-13)21-5/h9-11,14,17,19H,6-8,12H2,1-5H3. The van der Waals surface area contributed by atoms with Crippen LogP contribution in [0.3, 0.4) is 0 Å². The zero-order valence-electron chi connectivity index (χ0n) is 14.0. The van der Waals surface area contributed by atoms with Crippen molar-refractivity contribution < 1.29 is 9.47 Å². The van der Waals surface area contributed by atoms with Crippen LogP contribution >= 0.6 is 0 Å². The molecule has 0 aromatic heterocycles. The molecule has 0 heterocycles. The lowest BCUT2D eigenvalue weighted by atomic mass is 9.52. The SMILES string of the molecule is CCNC1CC(c2ccc(OC)c(OC)c2)C1(CC)CC. The molecule has 2 rings (SSSR count). The molecule has 0 saturated heterocycles. The van der Waals surface area contributed by atoms with E-state index in [1.54, 1.807) is 14.2 Å². The molecule has 1 aromatic rings. The van der Waals surface area contributed by atoms with E-state index in [2.05, 4.69) is 38.2 Å². The first kappa shape index (κ1) is 16.2. The lowest BCUT2D eigenvalue weighted by Gasteiger charge is -2.56. The highest BCUT2D eigenvalue weighted by molar-refractivity contribution is 5.45. The molecule has 0 amide bonds. The highest BCUT2D eigenvalue weighted by Crippen LogP contribution is 2.57. The quantitative estimate of drug-likeness (QED) is 0.824. The molecule has 0 bridgehead atoms. The van der Waals surface area contributed by atoms with Gasteiger partial charge in [-0.25, -0.2) is 0 Å². The Balaban J connectivity index is 2.29. The van der Waals surface area contributed by atoms with E-state index < -0.39 is 0 Å². The Morgan fingerprint density at radius 2 is 1.76 bits per heavy atom. The average Bonchev–Trinajstić information content (AvgIpc) is 2.52. The van der Waals surface area contributed by atoms with E-state index in [9.17, 15) is 0 Å². The average molecular weight is 291 g/mol. The Hall–Kier alpha value is -1.22. The summed E-state index contributed by atoms with van der Waals surface area (Å²) >= 11 is 0. The van der Waals surface area contributed by atoms with Crippen molar-refractivity contribution >= 4 is 0 Å². The fraction of sp³-hybridized carbons (Fsp3) is 0.667. The molecule has 2 atom stereocenters. The predicted octanol–water partition coefficient (Wildman–Crippen LogP) is 3.98. The maximum absolute atomic E-state index is 5.46. The Morgan fingerprint density at radius 3 is 2.29 bits per heavy atom. The highest BCUT2D eigenvalue weighted by atomic mass is 16.5. The van der Waals surface area contributed by atoms with Crippen molar-refractivity contribution in [1.29, 1.82) is 0 Å². The minimum absolute atomic E-state index is 0.371. The van der Waals surface area contributed by atoms with E-state index in [4.69, 9.17) is 9.47 Å². The van der Waals surface area contributed by atoms with Crippen molar-refractivity contribution in [3.8, 4) is 11.5 Å². The first-order chi connectivity index (χ1) is 10.2. The zero-order chi connectivity index (χ0) is 15.5. The van der Waals surface area contributed by atoms with Crippen molar-refractivity contribution in [1.82, 2.24) is 5.32 Å². The number of nitrogens with one attached hydrogen (secondary N) is 1. The summed E-state index contributed by atoms with van der Waals surface area (Å²) in [6, 6.07) is 7.03. The van der Waals surface area contributed by atoms with Crippen LogP contribution in [-0.2, 0) is 0 Å². The first-order valence-corrected chi connectivity index (χ1v) is 8.12. The summed E-state index contributed by atoms with van der Waals surface area (Å²) in [6.07, 6.45) is 3.63. The van der Waals surface area contributed by atoms with Gasteiger partial charge in [0.15, 0.2) is 11.5 Å². The van der Waals surface area contributed by atoms with Crippen LogP contribution in [0.15, 0.2) is 18.2 Å². The molecule has 1 aromatic carbocycles. The van der Waals surface area contributed by atoms with Gasteiger partial charge in [-0.2, -0.15) is 0 Å². The smallest absolute Gasteiger partial charge is 0.160 e. The molecule has 1 aliphatic rings. The molecule has 0 aliphatic heterocycles. The molecular weight excluding hydrogens is 262 g/mol. The number of methoxy groups -OCH3 is 2. The predicted molar refractivity (Wildman–Crippen MR) is 87.4 cm³/mol. The Bertz CT molecular complexity index is 468. The maximum Gasteiger partial charge on any atom is 0.160 e. The largest absolute Gasteiger partial charge is 0.493 e. The summed E-state index contributed by atoms with van der Waals surface area (Å²) in [7, 11) is 3.39. The van der Waals surface area contributed by atoms with Crippen LogP contribution in [0.2, 0.25) is 0 Å². The molecule has 0 spiro atoms. The summed E-state index contributed by atoms with van der Waals surface area (Å²) in [4.78, 5) is 0. The first-order valence-electron chi connectivity index (χ1n) is 8.12. The third-order valence-corrected chi connectivity index (χ3v) is 5.44. The van der Waals surface area contributed by atoms with Gasteiger partial charge < -0.3 is 14.8 Å². The fourth-order valence-corrected chi connectivity index (χ4v) is 4.09. The molecule has 1 fully saturated rings. The second-order valence-electron chi connectivity index (χ2n) is 5.95. The van der Waals surface area contributed by atoms with E-state index in [-0.39, 0.29) is 0 Å². The van der Waals surface area contributed by atoms with Gasteiger partial charge in [-0.1, -0.05) is 26.8 Å². The van der Waals surface area contributed by atoms with Crippen LogP contribution in [0.25, 0.3) is 0 Å². The fourth-order valence-electron chi connectivity index (χ4n) is 4.09. The molecule has 3 heteroatoms. The normalized spacial score (nSPS) is 23.5. The van der Waals surface area contributed by atoms with Gasteiger partial charge in [0.25, 0.3) is 0 Å². The third-order valence-electron chi connectivity index (χ3n) is 5.44. The topological polar surface area (TPSA) is 30.5 Å². The Kier molecular flexibility index (Phi) is 5.15. The van der Waals surface area contributed by atoms with E-state index >= 15 is 0 Å². The minimum Gasteiger partial charge on any atom is -0.493 e. The highest BCUT2D eigenvalue weighted by Gasteiger charge is 2.52. The van der Waals surface area contributed by atoms with Crippen LogP contribution in [-0.4, -0.2) is 26.8 Å². The monoisotopic (exact) mass is 291 g/mol. The molecule has 118 valence electrons. The van der Waals surface area contributed by atoms with Gasteiger partial charge in [-0.3, -0.25) is 0 Å². The number of benzene rings is 1. The minimum atomic E-state index is 0.371. The number of hydrogen-bond acceptors (Lipinski definition) is 3. The van der Waals surface area contributed by atoms with Gasteiger partial charge in [-0.15, -0.1) is 0 Å². The summed E-state index contributed by atoms with van der Waals surface area (Å²) in [5.74, 6) is 2.25. The van der Waals surface area contributed by atoms with Gasteiger partial charge in [0.2, 0.25) is 0 Å². The number of hydrogen-bond donors (Lipinski definition) is 1. The van der Waals surface area contributed by atoms with E-state index in [0.29, 0.717) is 17.4 Å². The Labute approximate surface area is 129 Å². The maximum atomic E-state index is 5.46. The Morgan fingerprint density at radius 1 is 1.10 bits per heavy atom. The van der Waals surface area contributed by atoms with Crippen LogP contribution in [0, 0.1) is 5.41 Å². The number of ether oxygens (including phenoxy) is 2. The molecule has 1 aliphatic carbocycles. The second-order valence-corrected chi connectivity index (χ2v) is 5.95. The summed E-state index contributed by atoms with van der Waals surface area (Å²) in [5.41, 5.74) is 1.75. The molecule has 0 radical (unpaired) electrons. The molecule has 1 N–H and O–H groups in total. The zero-order valence-corrected chi connectivity index (χ0v) is 14.0. The van der Waals surface area contributed by atoms with Crippen LogP contribution in [0.5, 0.6) is 11.5 Å². The van der Waals surface area contributed by atoms with Crippen molar-refractivity contribution in [2.24, 2.45) is 5.41 Å². The van der Waals surface area contributed by atoms with Gasteiger partial charge >= 0.3 is 0 Å². The summed E-state index contributed by atoms with van der Waals surface area (Å²) in [5, 5.41) is 3.67. The molecule has 2 unspecified atom stereocenters. The van der Waals surface area contributed by atoms with Gasteiger partial charge in [0.1, 0.15) is 0 Å². The molecule has 3 nitrogen and oxygen atoms in total. The van der Waals surface area contributed by atoms with Crippen molar-refractivity contribution in [3.05, 3.63) is 23.8 Å². The van der Waals surface area contributed by atoms with Gasteiger partial charge in [-0.05, 0) is 54.8 Å². The molecule has 1 saturated carbocycles. The van der Waals surface area contributed by atoms with Gasteiger partial charge in [0.05, 0.1) is 14.2 Å².